The van der Waals surface area contributed by atoms with E-state index in [9.17, 15) is 17.6 Å². The number of rotatable bonds is 3. The highest BCUT2D eigenvalue weighted by molar-refractivity contribution is 5.34. The number of halogens is 4. The molecule has 2 aromatic rings. The van der Waals surface area contributed by atoms with Gasteiger partial charge in [0.2, 0.25) is 5.95 Å². The van der Waals surface area contributed by atoms with Crippen molar-refractivity contribution in [3.8, 4) is 0 Å². The molecule has 0 spiro atoms. The van der Waals surface area contributed by atoms with Gasteiger partial charge in [0.15, 0.2) is 0 Å². The van der Waals surface area contributed by atoms with Crippen molar-refractivity contribution in [2.24, 2.45) is 0 Å². The zero-order valence-corrected chi connectivity index (χ0v) is 9.58. The van der Waals surface area contributed by atoms with Gasteiger partial charge >= 0.3 is 6.18 Å². The lowest BCUT2D eigenvalue weighted by Crippen LogP contribution is -2.09. The molecule has 2 heterocycles. The van der Waals surface area contributed by atoms with Gasteiger partial charge < -0.3 is 5.32 Å². The van der Waals surface area contributed by atoms with Crippen LogP contribution in [0.5, 0.6) is 0 Å². The Labute approximate surface area is 106 Å². The molecule has 7 heteroatoms. The van der Waals surface area contributed by atoms with Crippen molar-refractivity contribution in [3.05, 3.63) is 53.7 Å². The third kappa shape index (κ3) is 3.64. The molecule has 0 amide bonds. The Kier molecular flexibility index (Phi) is 3.64. The number of nitrogens with one attached hydrogen (secondary N) is 1. The summed E-state index contributed by atoms with van der Waals surface area (Å²) in [5.41, 5.74) is -0.404. The lowest BCUT2D eigenvalue weighted by atomic mass is 10.2. The van der Waals surface area contributed by atoms with E-state index in [4.69, 9.17) is 0 Å². The molecule has 0 saturated carbocycles. The molecule has 0 aliphatic heterocycles. The van der Waals surface area contributed by atoms with Crippen LogP contribution in [0.1, 0.15) is 11.3 Å². The van der Waals surface area contributed by atoms with Crippen LogP contribution < -0.4 is 5.32 Å². The first-order valence-corrected chi connectivity index (χ1v) is 5.34. The van der Waals surface area contributed by atoms with Crippen molar-refractivity contribution in [3.63, 3.8) is 0 Å². The number of nitrogens with zero attached hydrogens (tertiary/aromatic N) is 2. The highest BCUT2D eigenvalue weighted by Crippen LogP contribution is 2.27. The summed E-state index contributed by atoms with van der Waals surface area (Å²) >= 11 is 0. The van der Waals surface area contributed by atoms with Gasteiger partial charge in [-0.25, -0.2) is 4.98 Å². The van der Waals surface area contributed by atoms with E-state index in [2.05, 4.69) is 15.3 Å². The molecule has 0 radical (unpaired) electrons. The van der Waals surface area contributed by atoms with Gasteiger partial charge in [-0.15, -0.1) is 0 Å². The molecule has 1 N–H and O–H groups in total. The van der Waals surface area contributed by atoms with Gasteiger partial charge in [0, 0.05) is 12.7 Å². The normalized spacial score (nSPS) is 11.4. The number of hydrogen-bond acceptors (Lipinski definition) is 3. The standard InChI is InChI=1S/C12H9F4N3/c13-10-2-1-3-11(19-10)18-7-8-4-5-9(17-6-8)12(14,15)16/h1-6H,7H2,(H,18,19). The minimum absolute atomic E-state index is 0.210. The largest absolute Gasteiger partial charge is 0.433 e. The zero-order chi connectivity index (χ0) is 13.9. The van der Waals surface area contributed by atoms with Gasteiger partial charge in [-0.05, 0) is 23.8 Å². The second-order valence-corrected chi connectivity index (χ2v) is 3.75. The Morgan fingerprint density at radius 2 is 1.89 bits per heavy atom. The van der Waals surface area contributed by atoms with Gasteiger partial charge in [-0.2, -0.15) is 17.6 Å². The summed E-state index contributed by atoms with van der Waals surface area (Å²) in [6, 6.07) is 6.44. The molecule has 0 atom stereocenters. The summed E-state index contributed by atoms with van der Waals surface area (Å²) in [4.78, 5) is 6.89. The van der Waals surface area contributed by atoms with Crippen LogP contribution in [0.15, 0.2) is 36.5 Å². The molecule has 19 heavy (non-hydrogen) atoms. The second kappa shape index (κ2) is 5.21. The molecule has 100 valence electrons. The molecule has 0 saturated heterocycles. The minimum atomic E-state index is -4.45. The summed E-state index contributed by atoms with van der Waals surface area (Å²) in [6.45, 7) is 0.210. The van der Waals surface area contributed by atoms with Crippen molar-refractivity contribution in [1.29, 1.82) is 0 Å². The molecule has 0 unspecified atom stereocenters. The SMILES string of the molecule is Fc1cccc(NCc2ccc(C(F)(F)F)nc2)n1. The first kappa shape index (κ1) is 13.3. The van der Waals surface area contributed by atoms with E-state index in [1.807, 2.05) is 0 Å². The fourth-order valence-electron chi connectivity index (χ4n) is 1.40. The molecular weight excluding hydrogens is 262 g/mol. The number of pyridine rings is 2. The molecule has 2 aromatic heterocycles. The molecule has 0 fully saturated rings. The molecule has 0 aliphatic rings. The number of alkyl halides is 3. The number of aromatic nitrogens is 2. The van der Waals surface area contributed by atoms with Crippen molar-refractivity contribution in [2.45, 2.75) is 12.7 Å². The van der Waals surface area contributed by atoms with E-state index < -0.39 is 17.8 Å². The van der Waals surface area contributed by atoms with Crippen molar-refractivity contribution < 1.29 is 17.6 Å². The average molecular weight is 271 g/mol. The summed E-state index contributed by atoms with van der Waals surface area (Å²) in [7, 11) is 0. The third-order valence-electron chi connectivity index (χ3n) is 2.30. The van der Waals surface area contributed by atoms with Crippen LogP contribution in [0.2, 0.25) is 0 Å². The fraction of sp³-hybridized carbons (Fsp3) is 0.167. The van der Waals surface area contributed by atoms with E-state index >= 15 is 0 Å². The minimum Gasteiger partial charge on any atom is -0.366 e. The highest BCUT2D eigenvalue weighted by Gasteiger charge is 2.31. The smallest absolute Gasteiger partial charge is 0.366 e. The van der Waals surface area contributed by atoms with E-state index in [0.29, 0.717) is 11.4 Å². The van der Waals surface area contributed by atoms with Gasteiger partial charge in [-0.1, -0.05) is 12.1 Å². The molecular formula is C12H9F4N3. The van der Waals surface area contributed by atoms with Crippen molar-refractivity contribution in [1.82, 2.24) is 9.97 Å². The van der Waals surface area contributed by atoms with Crippen LogP contribution >= 0.6 is 0 Å². The van der Waals surface area contributed by atoms with Gasteiger partial charge in [0.1, 0.15) is 11.5 Å². The van der Waals surface area contributed by atoms with Crippen molar-refractivity contribution in [2.75, 3.05) is 5.32 Å². The molecule has 0 bridgehead atoms. The van der Waals surface area contributed by atoms with Crippen LogP contribution in [0.3, 0.4) is 0 Å². The topological polar surface area (TPSA) is 37.8 Å². The maximum absolute atomic E-state index is 12.8. The predicted molar refractivity (Wildman–Crippen MR) is 60.8 cm³/mol. The summed E-state index contributed by atoms with van der Waals surface area (Å²) < 4.78 is 49.6. The summed E-state index contributed by atoms with van der Waals surface area (Å²) in [6.07, 6.45) is -3.33. The van der Waals surface area contributed by atoms with Gasteiger partial charge in [-0.3, -0.25) is 4.98 Å². The molecule has 0 aliphatic carbocycles. The second-order valence-electron chi connectivity index (χ2n) is 3.75. The van der Waals surface area contributed by atoms with Gasteiger partial charge in [0.25, 0.3) is 0 Å². The average Bonchev–Trinajstić information content (AvgIpc) is 2.36. The highest BCUT2D eigenvalue weighted by atomic mass is 19.4. The lowest BCUT2D eigenvalue weighted by molar-refractivity contribution is -0.141. The Morgan fingerprint density at radius 1 is 1.11 bits per heavy atom. The quantitative estimate of drug-likeness (QED) is 0.688. The monoisotopic (exact) mass is 271 g/mol. The van der Waals surface area contributed by atoms with Crippen molar-refractivity contribution >= 4 is 5.82 Å². The summed E-state index contributed by atoms with van der Waals surface area (Å²) in [5.74, 6) is -0.324. The molecule has 2 rings (SSSR count). The molecule has 3 nitrogen and oxygen atoms in total. The number of anilines is 1. The van der Waals surface area contributed by atoms with Crippen LogP contribution in [0.4, 0.5) is 23.4 Å². The first-order valence-electron chi connectivity index (χ1n) is 5.34. The summed E-state index contributed by atoms with van der Waals surface area (Å²) in [5, 5.41) is 2.79. The maximum atomic E-state index is 12.8. The maximum Gasteiger partial charge on any atom is 0.433 e. The third-order valence-corrected chi connectivity index (χ3v) is 2.30. The Morgan fingerprint density at radius 3 is 2.47 bits per heavy atom. The lowest BCUT2D eigenvalue weighted by Gasteiger charge is -2.08. The van der Waals surface area contributed by atoms with Crippen LogP contribution in [0, 0.1) is 5.95 Å². The number of hydrogen-bond donors (Lipinski definition) is 1. The Bertz CT molecular complexity index is 552. The van der Waals surface area contributed by atoms with E-state index in [-0.39, 0.29) is 6.54 Å². The van der Waals surface area contributed by atoms with E-state index in [1.165, 1.54) is 18.2 Å². The van der Waals surface area contributed by atoms with Crippen LogP contribution in [-0.4, -0.2) is 9.97 Å². The first-order chi connectivity index (χ1) is 8.95. The van der Waals surface area contributed by atoms with Crippen LogP contribution in [0.25, 0.3) is 0 Å². The Balaban J connectivity index is 2.01. The Hall–Kier alpha value is -2.18. The van der Waals surface area contributed by atoms with Crippen LogP contribution in [-0.2, 0) is 12.7 Å². The van der Waals surface area contributed by atoms with Gasteiger partial charge in [0.05, 0.1) is 0 Å². The predicted octanol–water partition coefficient (Wildman–Crippen LogP) is 3.25. The van der Waals surface area contributed by atoms with E-state index in [1.54, 1.807) is 6.07 Å². The fourth-order valence-corrected chi connectivity index (χ4v) is 1.40. The van der Waals surface area contributed by atoms with E-state index in [0.717, 1.165) is 12.3 Å². The zero-order valence-electron chi connectivity index (χ0n) is 9.58. The molecule has 0 aromatic carbocycles.